The van der Waals surface area contributed by atoms with Gasteiger partial charge in [-0.15, -0.1) is 0 Å². The van der Waals surface area contributed by atoms with Crippen LogP contribution in [0.4, 0.5) is 0 Å². The van der Waals surface area contributed by atoms with Gasteiger partial charge in [0.25, 0.3) is 0 Å². The third-order valence-electron chi connectivity index (χ3n) is 0.227. The second kappa shape index (κ2) is 2.38. The van der Waals surface area contributed by atoms with Crippen LogP contribution in [0.2, 0.25) is 0 Å². The van der Waals surface area contributed by atoms with Crippen LogP contribution in [0.15, 0.2) is 12.3 Å². The predicted octanol–water partition coefficient (Wildman–Crippen LogP) is 0.611. The Kier molecular flexibility index (Phi) is 2.04. The number of hydrogen-bond acceptors (Lipinski definition) is 2. The van der Waals surface area contributed by atoms with Crippen LogP contribution in [0.3, 0.4) is 0 Å². The number of rotatable bonds is 1. The molecule has 0 atom stereocenters. The third kappa shape index (κ3) is 3.14. The first-order valence-corrected chi connectivity index (χ1v) is 1.36. The van der Waals surface area contributed by atoms with Crippen LogP contribution in [0.1, 0.15) is 0 Å². The predicted molar refractivity (Wildman–Crippen MR) is 21.5 cm³/mol. The largest absolute Gasteiger partial charge is 0.259 e. The molecular weight excluding hydrogens is 82.0 g/mol. The van der Waals surface area contributed by atoms with Gasteiger partial charge in [0.05, 0.1) is 4.92 Å². The molecule has 0 aromatic heterocycles. The maximum absolute atomic E-state index is 9.28. The minimum Gasteiger partial charge on any atom is -0.259 e. The van der Waals surface area contributed by atoms with E-state index < -0.39 is 4.92 Å². The van der Waals surface area contributed by atoms with Crippen molar-refractivity contribution >= 4 is 0 Å². The minimum absolute atomic E-state index is 0.562. The summed E-state index contributed by atoms with van der Waals surface area (Å²) in [5.74, 6) is 0. The number of hydrogen-bond donors (Lipinski definition) is 0. The van der Waals surface area contributed by atoms with E-state index in [2.05, 4.69) is 6.92 Å². The van der Waals surface area contributed by atoms with Crippen molar-refractivity contribution in [2.75, 3.05) is 0 Å². The van der Waals surface area contributed by atoms with Gasteiger partial charge in [-0.25, -0.2) is 0 Å². The molecule has 6 heavy (non-hydrogen) atoms. The van der Waals surface area contributed by atoms with E-state index in [1.165, 1.54) is 0 Å². The van der Waals surface area contributed by atoms with E-state index in [1.54, 1.807) is 0 Å². The van der Waals surface area contributed by atoms with Crippen LogP contribution in [0.5, 0.6) is 0 Å². The van der Waals surface area contributed by atoms with E-state index in [0.717, 1.165) is 12.3 Å². The fourth-order valence-corrected chi connectivity index (χ4v) is 0.0861. The fourth-order valence-electron chi connectivity index (χ4n) is 0.0861. The standard InChI is InChI=1S/C3H4NO2/c1-2-3-4(5)6/h2-3H,1H2/b3-2+. The molecule has 0 aliphatic carbocycles. The molecule has 0 aliphatic heterocycles. The quantitative estimate of drug-likeness (QED) is 0.346. The summed E-state index contributed by atoms with van der Waals surface area (Å²) in [4.78, 5) is 8.72. The molecule has 0 heterocycles. The Morgan fingerprint density at radius 1 is 1.83 bits per heavy atom. The molecule has 0 saturated heterocycles. The van der Waals surface area contributed by atoms with Gasteiger partial charge in [-0.1, -0.05) is 0 Å². The summed E-state index contributed by atoms with van der Waals surface area (Å²) in [6.07, 6.45) is 1.90. The lowest BCUT2D eigenvalue weighted by Crippen LogP contribution is -1.79. The highest BCUT2D eigenvalue weighted by Gasteiger charge is 1.74. The highest BCUT2D eigenvalue weighted by Crippen LogP contribution is 1.66. The average molecular weight is 86.1 g/mol. The molecule has 0 rings (SSSR count). The van der Waals surface area contributed by atoms with Gasteiger partial charge >= 0.3 is 0 Å². The minimum atomic E-state index is -0.562. The normalized spacial score (nSPS) is 9.50. The Morgan fingerprint density at radius 3 is 2.33 bits per heavy atom. The Labute approximate surface area is 35.4 Å². The number of nitrogens with zero attached hydrogens (tertiary/aromatic N) is 1. The van der Waals surface area contributed by atoms with Crippen molar-refractivity contribution in [3.05, 3.63) is 29.3 Å². The molecule has 0 aromatic rings. The van der Waals surface area contributed by atoms with Crippen LogP contribution in [-0.4, -0.2) is 4.92 Å². The Bertz CT molecular complexity index is 76.9. The van der Waals surface area contributed by atoms with Crippen LogP contribution < -0.4 is 0 Å². The van der Waals surface area contributed by atoms with Crippen molar-refractivity contribution in [1.82, 2.24) is 0 Å². The highest BCUT2D eigenvalue weighted by atomic mass is 16.6. The first-order valence-electron chi connectivity index (χ1n) is 1.36. The lowest BCUT2D eigenvalue weighted by molar-refractivity contribution is -0.402. The molecule has 0 unspecified atom stereocenters. The lowest BCUT2D eigenvalue weighted by Gasteiger charge is -1.69. The van der Waals surface area contributed by atoms with Crippen LogP contribution in [-0.2, 0) is 0 Å². The van der Waals surface area contributed by atoms with E-state index >= 15 is 0 Å². The molecule has 0 N–H and O–H groups in total. The summed E-state index contributed by atoms with van der Waals surface area (Å²) in [5, 5.41) is 9.28. The second-order valence-electron chi connectivity index (χ2n) is 0.670. The number of nitro groups is 1. The van der Waals surface area contributed by atoms with Crippen molar-refractivity contribution in [1.29, 1.82) is 0 Å². The maximum atomic E-state index is 9.28. The molecular formula is C3H4NO2. The summed E-state index contributed by atoms with van der Waals surface area (Å²) >= 11 is 0. The van der Waals surface area contributed by atoms with Gasteiger partial charge in [0, 0.05) is 0 Å². The molecule has 0 fully saturated rings. The molecule has 0 saturated carbocycles. The van der Waals surface area contributed by atoms with E-state index in [4.69, 9.17) is 0 Å². The van der Waals surface area contributed by atoms with Crippen molar-refractivity contribution in [3.63, 3.8) is 0 Å². The molecule has 0 spiro atoms. The zero-order chi connectivity index (χ0) is 4.99. The Hall–Kier alpha value is -0.860. The van der Waals surface area contributed by atoms with Crippen molar-refractivity contribution in [3.8, 4) is 0 Å². The van der Waals surface area contributed by atoms with Gasteiger partial charge in [-0.05, 0) is 13.0 Å². The monoisotopic (exact) mass is 86.0 g/mol. The molecule has 3 nitrogen and oxygen atoms in total. The van der Waals surface area contributed by atoms with Crippen molar-refractivity contribution in [2.24, 2.45) is 0 Å². The third-order valence-corrected chi connectivity index (χ3v) is 0.227. The van der Waals surface area contributed by atoms with Crippen LogP contribution in [0.25, 0.3) is 0 Å². The summed E-state index contributed by atoms with van der Waals surface area (Å²) in [5.41, 5.74) is 0. The first-order chi connectivity index (χ1) is 2.77. The van der Waals surface area contributed by atoms with Crippen LogP contribution in [0, 0.1) is 17.0 Å². The van der Waals surface area contributed by atoms with Crippen molar-refractivity contribution < 1.29 is 4.92 Å². The van der Waals surface area contributed by atoms with Crippen molar-refractivity contribution in [2.45, 2.75) is 0 Å². The molecule has 0 aliphatic rings. The Balaban J connectivity index is 3.30. The van der Waals surface area contributed by atoms with Crippen LogP contribution >= 0.6 is 0 Å². The van der Waals surface area contributed by atoms with Gasteiger partial charge in [0.2, 0.25) is 6.20 Å². The van der Waals surface area contributed by atoms with Gasteiger partial charge in [-0.3, -0.25) is 10.1 Å². The summed E-state index contributed by atoms with van der Waals surface area (Å²) in [6.45, 7) is 3.10. The summed E-state index contributed by atoms with van der Waals surface area (Å²) < 4.78 is 0. The van der Waals surface area contributed by atoms with Gasteiger partial charge in [-0.2, -0.15) is 0 Å². The average Bonchev–Trinajstić information content (AvgIpc) is 1.35. The molecule has 0 aromatic carbocycles. The number of allylic oxidation sites excluding steroid dienone is 1. The molecule has 33 valence electrons. The fraction of sp³-hybridized carbons (Fsp3) is 0. The lowest BCUT2D eigenvalue weighted by atomic mass is 10.7. The van der Waals surface area contributed by atoms with E-state index in [9.17, 15) is 10.1 Å². The van der Waals surface area contributed by atoms with E-state index in [-0.39, 0.29) is 0 Å². The topological polar surface area (TPSA) is 43.1 Å². The van der Waals surface area contributed by atoms with E-state index in [1.807, 2.05) is 0 Å². The zero-order valence-electron chi connectivity index (χ0n) is 3.13. The Morgan fingerprint density at radius 2 is 2.33 bits per heavy atom. The van der Waals surface area contributed by atoms with Gasteiger partial charge in [0.15, 0.2) is 0 Å². The summed E-state index contributed by atoms with van der Waals surface area (Å²) in [7, 11) is 0. The maximum Gasteiger partial charge on any atom is 0.230 e. The first kappa shape index (κ1) is 5.14. The van der Waals surface area contributed by atoms with E-state index in [0.29, 0.717) is 0 Å². The molecule has 1 radical (unpaired) electrons. The highest BCUT2D eigenvalue weighted by molar-refractivity contribution is 4.73. The molecule has 0 amide bonds. The zero-order valence-corrected chi connectivity index (χ0v) is 3.13. The summed E-state index contributed by atoms with van der Waals surface area (Å²) in [6, 6.07) is 0. The second-order valence-corrected chi connectivity index (χ2v) is 0.670. The van der Waals surface area contributed by atoms with Gasteiger partial charge < -0.3 is 0 Å². The smallest absolute Gasteiger partial charge is 0.230 e. The van der Waals surface area contributed by atoms with Gasteiger partial charge in [0.1, 0.15) is 0 Å². The SMILES string of the molecule is [CH2]/C=C/[N+](=O)[O-]. The molecule has 0 bridgehead atoms. The molecule has 3 heteroatoms.